The Balaban J connectivity index is 1.87. The minimum Gasteiger partial charge on any atom is -0.324 e. The summed E-state index contributed by atoms with van der Waals surface area (Å²) in [4.78, 5) is 17.0. The maximum absolute atomic E-state index is 12.5. The lowest BCUT2D eigenvalue weighted by Crippen LogP contribution is -2.20. The number of nitrogens with zero attached hydrogens (tertiary/aromatic N) is 2. The molecule has 0 radical (unpaired) electrons. The van der Waals surface area contributed by atoms with Crippen LogP contribution in [0.2, 0.25) is 5.02 Å². The van der Waals surface area contributed by atoms with Gasteiger partial charge in [0.05, 0.1) is 11.0 Å². The molecular weight excluding hydrogens is 310 g/mol. The van der Waals surface area contributed by atoms with Crippen molar-refractivity contribution in [3.8, 4) is 0 Å². The van der Waals surface area contributed by atoms with Crippen molar-refractivity contribution in [2.45, 2.75) is 26.8 Å². The summed E-state index contributed by atoms with van der Waals surface area (Å²) < 4.78 is 1.96. The van der Waals surface area contributed by atoms with Gasteiger partial charge in [-0.2, -0.15) is 0 Å². The second-order valence-corrected chi connectivity index (χ2v) is 5.90. The zero-order valence-corrected chi connectivity index (χ0v) is 13.9. The molecule has 0 aliphatic rings. The van der Waals surface area contributed by atoms with E-state index in [1.165, 1.54) is 0 Å². The molecule has 2 aromatic carbocycles. The molecule has 118 valence electrons. The van der Waals surface area contributed by atoms with Gasteiger partial charge in [0.2, 0.25) is 5.91 Å². The van der Waals surface area contributed by atoms with Crippen molar-refractivity contribution in [1.82, 2.24) is 9.55 Å². The predicted molar refractivity (Wildman–Crippen MR) is 93.9 cm³/mol. The third-order valence-corrected chi connectivity index (χ3v) is 4.06. The second-order valence-electron chi connectivity index (χ2n) is 5.46. The molecule has 0 unspecified atom stereocenters. The van der Waals surface area contributed by atoms with E-state index in [-0.39, 0.29) is 12.5 Å². The Morgan fingerprint density at radius 1 is 1.26 bits per heavy atom. The Kier molecular flexibility index (Phi) is 4.35. The highest BCUT2D eigenvalue weighted by atomic mass is 35.5. The van der Waals surface area contributed by atoms with Crippen LogP contribution in [0.5, 0.6) is 0 Å². The lowest BCUT2D eigenvalue weighted by Gasteiger charge is -2.11. The fraction of sp³-hybridized carbons (Fsp3) is 0.222. The van der Waals surface area contributed by atoms with Gasteiger partial charge in [-0.05, 0) is 36.8 Å². The SMILES string of the molecule is CCc1nc2ccccc2n1CC(=O)Nc1cc(Cl)ccc1C. The number of aromatic nitrogens is 2. The third kappa shape index (κ3) is 3.22. The van der Waals surface area contributed by atoms with E-state index in [1.807, 2.05) is 54.8 Å². The number of carbonyl (C=O) groups is 1. The predicted octanol–water partition coefficient (Wildman–Crippen LogP) is 4.20. The van der Waals surface area contributed by atoms with Gasteiger partial charge in [-0.25, -0.2) is 4.98 Å². The summed E-state index contributed by atoms with van der Waals surface area (Å²) in [6.07, 6.45) is 0.776. The highest BCUT2D eigenvalue weighted by Crippen LogP contribution is 2.21. The minimum absolute atomic E-state index is 0.0896. The normalized spacial score (nSPS) is 10.9. The fourth-order valence-corrected chi connectivity index (χ4v) is 2.81. The van der Waals surface area contributed by atoms with Crippen molar-refractivity contribution in [3.63, 3.8) is 0 Å². The summed E-state index contributed by atoms with van der Waals surface area (Å²) in [5.74, 6) is 0.817. The number of nitrogens with one attached hydrogen (secondary N) is 1. The molecule has 1 N–H and O–H groups in total. The number of rotatable bonds is 4. The number of halogens is 1. The van der Waals surface area contributed by atoms with Crippen molar-refractivity contribution in [2.24, 2.45) is 0 Å². The summed E-state index contributed by atoms with van der Waals surface area (Å²) in [5.41, 5.74) is 3.61. The molecule has 23 heavy (non-hydrogen) atoms. The topological polar surface area (TPSA) is 46.9 Å². The highest BCUT2D eigenvalue weighted by Gasteiger charge is 2.13. The van der Waals surface area contributed by atoms with Crippen LogP contribution in [0.4, 0.5) is 5.69 Å². The highest BCUT2D eigenvalue weighted by molar-refractivity contribution is 6.31. The van der Waals surface area contributed by atoms with Gasteiger partial charge in [0, 0.05) is 17.1 Å². The second kappa shape index (κ2) is 6.42. The van der Waals surface area contributed by atoms with Gasteiger partial charge in [0.15, 0.2) is 0 Å². The van der Waals surface area contributed by atoms with E-state index in [4.69, 9.17) is 11.6 Å². The standard InChI is InChI=1S/C18H18ClN3O/c1-3-17-20-14-6-4-5-7-16(14)22(17)11-18(23)21-15-10-13(19)9-8-12(15)2/h4-10H,3,11H2,1-2H3,(H,21,23). The van der Waals surface area contributed by atoms with Crippen LogP contribution < -0.4 is 5.32 Å². The largest absolute Gasteiger partial charge is 0.324 e. The van der Waals surface area contributed by atoms with Gasteiger partial charge in [-0.1, -0.05) is 36.7 Å². The molecule has 0 atom stereocenters. The maximum Gasteiger partial charge on any atom is 0.244 e. The van der Waals surface area contributed by atoms with E-state index in [0.29, 0.717) is 5.02 Å². The molecule has 5 heteroatoms. The van der Waals surface area contributed by atoms with Gasteiger partial charge >= 0.3 is 0 Å². The van der Waals surface area contributed by atoms with Crippen molar-refractivity contribution < 1.29 is 4.79 Å². The van der Waals surface area contributed by atoms with E-state index in [9.17, 15) is 4.79 Å². The van der Waals surface area contributed by atoms with Crippen LogP contribution in [0.3, 0.4) is 0 Å². The summed E-state index contributed by atoms with van der Waals surface area (Å²) in [6.45, 7) is 4.21. The molecule has 1 heterocycles. The number of aryl methyl sites for hydroxylation is 2. The van der Waals surface area contributed by atoms with Crippen LogP contribution in [0.25, 0.3) is 11.0 Å². The molecule has 0 saturated heterocycles. The number of hydrogen-bond donors (Lipinski definition) is 1. The summed E-state index contributed by atoms with van der Waals surface area (Å²) in [5, 5.41) is 3.54. The molecule has 0 aliphatic carbocycles. The van der Waals surface area contributed by atoms with E-state index >= 15 is 0 Å². The number of amides is 1. The van der Waals surface area contributed by atoms with Crippen LogP contribution in [-0.4, -0.2) is 15.5 Å². The number of carbonyl (C=O) groups excluding carboxylic acids is 1. The molecular formula is C18H18ClN3O. The van der Waals surface area contributed by atoms with Crippen LogP contribution >= 0.6 is 11.6 Å². The molecule has 0 spiro atoms. The van der Waals surface area contributed by atoms with E-state index in [1.54, 1.807) is 6.07 Å². The molecule has 0 fully saturated rings. The molecule has 1 aromatic heterocycles. The number of hydrogen-bond acceptors (Lipinski definition) is 2. The third-order valence-electron chi connectivity index (χ3n) is 3.83. The van der Waals surface area contributed by atoms with Gasteiger partial charge < -0.3 is 9.88 Å². The number of para-hydroxylation sites is 2. The number of fused-ring (bicyclic) bond motifs is 1. The molecule has 0 saturated carbocycles. The Hall–Kier alpha value is -2.33. The van der Waals surface area contributed by atoms with Gasteiger partial charge in [-0.15, -0.1) is 0 Å². The fourth-order valence-electron chi connectivity index (χ4n) is 2.63. The molecule has 3 aromatic rings. The molecule has 4 nitrogen and oxygen atoms in total. The summed E-state index contributed by atoms with van der Waals surface area (Å²) in [7, 11) is 0. The molecule has 0 bridgehead atoms. The zero-order valence-electron chi connectivity index (χ0n) is 13.1. The van der Waals surface area contributed by atoms with Crippen molar-refractivity contribution in [2.75, 3.05) is 5.32 Å². The first kappa shape index (κ1) is 15.6. The van der Waals surface area contributed by atoms with Gasteiger partial charge in [0.1, 0.15) is 12.4 Å². The van der Waals surface area contributed by atoms with Crippen LogP contribution in [-0.2, 0) is 17.8 Å². The lowest BCUT2D eigenvalue weighted by atomic mass is 10.2. The van der Waals surface area contributed by atoms with E-state index in [2.05, 4.69) is 10.3 Å². The quantitative estimate of drug-likeness (QED) is 0.780. The molecule has 3 rings (SSSR count). The Bertz CT molecular complexity index is 870. The molecule has 1 amide bonds. The van der Waals surface area contributed by atoms with Crippen LogP contribution in [0.1, 0.15) is 18.3 Å². The minimum atomic E-state index is -0.0896. The average molecular weight is 328 g/mol. The molecule has 0 aliphatic heterocycles. The monoisotopic (exact) mass is 327 g/mol. The first-order valence-electron chi connectivity index (χ1n) is 7.58. The van der Waals surface area contributed by atoms with Crippen molar-refractivity contribution >= 4 is 34.2 Å². The van der Waals surface area contributed by atoms with E-state index in [0.717, 1.165) is 34.5 Å². The van der Waals surface area contributed by atoms with Crippen molar-refractivity contribution in [1.29, 1.82) is 0 Å². The van der Waals surface area contributed by atoms with E-state index < -0.39 is 0 Å². The summed E-state index contributed by atoms with van der Waals surface area (Å²) >= 11 is 6.00. The lowest BCUT2D eigenvalue weighted by molar-refractivity contribution is -0.116. The Labute approximate surface area is 140 Å². The van der Waals surface area contributed by atoms with Crippen LogP contribution in [0, 0.1) is 6.92 Å². The van der Waals surface area contributed by atoms with Gasteiger partial charge in [-0.3, -0.25) is 4.79 Å². The number of anilines is 1. The number of imidazole rings is 1. The Morgan fingerprint density at radius 3 is 2.83 bits per heavy atom. The van der Waals surface area contributed by atoms with Gasteiger partial charge in [0.25, 0.3) is 0 Å². The smallest absolute Gasteiger partial charge is 0.244 e. The van der Waals surface area contributed by atoms with Crippen molar-refractivity contribution in [3.05, 3.63) is 58.9 Å². The van der Waals surface area contributed by atoms with Crippen LogP contribution in [0.15, 0.2) is 42.5 Å². The Morgan fingerprint density at radius 2 is 2.04 bits per heavy atom. The average Bonchev–Trinajstić information content (AvgIpc) is 2.89. The first-order chi connectivity index (χ1) is 11.1. The number of benzene rings is 2. The summed E-state index contributed by atoms with van der Waals surface area (Å²) in [6, 6.07) is 13.3. The maximum atomic E-state index is 12.5. The zero-order chi connectivity index (χ0) is 16.4. The first-order valence-corrected chi connectivity index (χ1v) is 7.96.